The molecule has 2 aromatic heterocycles. The molecular weight excluding hydrogens is 234 g/mol. The fraction of sp³-hybridized carbons (Fsp3) is 0.500. The summed E-state index contributed by atoms with van der Waals surface area (Å²) in [7, 11) is 0. The summed E-state index contributed by atoms with van der Waals surface area (Å²) in [6.07, 6.45) is 6.36. The fourth-order valence-corrected chi connectivity index (χ4v) is 3.37. The molecular formula is C12H15N3OS. The minimum Gasteiger partial charge on any atom is -0.352 e. The molecule has 90 valence electrons. The Balaban J connectivity index is 2.09. The first-order valence-electron chi connectivity index (χ1n) is 6.02. The molecule has 2 aromatic rings. The van der Waals surface area contributed by atoms with E-state index in [1.54, 1.807) is 11.3 Å². The second-order valence-corrected chi connectivity index (χ2v) is 5.26. The molecule has 1 atom stereocenters. The highest BCUT2D eigenvalue weighted by Gasteiger charge is 2.28. The first-order chi connectivity index (χ1) is 8.35. The van der Waals surface area contributed by atoms with Gasteiger partial charge < -0.3 is 4.90 Å². The smallest absolute Gasteiger partial charge is 0.196 e. The zero-order valence-corrected chi connectivity index (χ0v) is 10.6. The predicted molar refractivity (Wildman–Crippen MR) is 69.1 cm³/mol. The van der Waals surface area contributed by atoms with Crippen LogP contribution in [0.2, 0.25) is 0 Å². The van der Waals surface area contributed by atoms with E-state index in [4.69, 9.17) is 0 Å². The van der Waals surface area contributed by atoms with Crippen molar-refractivity contribution >= 4 is 28.4 Å². The summed E-state index contributed by atoms with van der Waals surface area (Å²) in [5.74, 6) is 0.871. The maximum absolute atomic E-state index is 11.3. The number of anilines is 1. The lowest BCUT2D eigenvalue weighted by molar-refractivity contribution is 0.111. The molecule has 5 heteroatoms. The minimum atomic E-state index is 0.540. The molecule has 3 heterocycles. The van der Waals surface area contributed by atoms with Crippen molar-refractivity contribution in [2.75, 3.05) is 11.4 Å². The molecule has 17 heavy (non-hydrogen) atoms. The van der Waals surface area contributed by atoms with Gasteiger partial charge in [0.25, 0.3) is 0 Å². The number of carbonyl (C=O) groups is 1. The van der Waals surface area contributed by atoms with Crippen molar-refractivity contribution in [1.82, 2.24) is 9.38 Å². The Kier molecular flexibility index (Phi) is 2.63. The number of rotatable bonds is 3. The van der Waals surface area contributed by atoms with E-state index >= 15 is 0 Å². The molecule has 0 bridgehead atoms. The van der Waals surface area contributed by atoms with Crippen molar-refractivity contribution in [3.63, 3.8) is 0 Å². The summed E-state index contributed by atoms with van der Waals surface area (Å²) in [6, 6.07) is 0.540. The molecule has 1 fully saturated rings. The summed E-state index contributed by atoms with van der Waals surface area (Å²) in [4.78, 5) is 19.1. The average Bonchev–Trinajstić information content (AvgIpc) is 3.02. The largest absolute Gasteiger partial charge is 0.352 e. The molecule has 0 aliphatic carbocycles. The number of fused-ring (bicyclic) bond motifs is 1. The maximum atomic E-state index is 11.3. The van der Waals surface area contributed by atoms with Gasteiger partial charge in [0.05, 0.1) is 0 Å². The number of imidazole rings is 1. The van der Waals surface area contributed by atoms with Crippen molar-refractivity contribution in [3.8, 4) is 0 Å². The minimum absolute atomic E-state index is 0.540. The normalized spacial score (nSPS) is 20.3. The van der Waals surface area contributed by atoms with Gasteiger partial charge in [-0.2, -0.15) is 0 Å². The number of carbonyl (C=O) groups excluding carboxylic acids is 1. The summed E-state index contributed by atoms with van der Waals surface area (Å²) in [5, 5.41) is 1.96. The third kappa shape index (κ3) is 1.57. The van der Waals surface area contributed by atoms with Crippen LogP contribution in [0.25, 0.3) is 4.96 Å². The Morgan fingerprint density at radius 2 is 2.53 bits per heavy atom. The third-order valence-corrected chi connectivity index (χ3v) is 4.27. The number of hydrogen-bond acceptors (Lipinski definition) is 4. The van der Waals surface area contributed by atoms with Crippen LogP contribution in [0, 0.1) is 0 Å². The Morgan fingerprint density at radius 1 is 1.65 bits per heavy atom. The van der Waals surface area contributed by atoms with Crippen LogP contribution in [-0.4, -0.2) is 28.3 Å². The Bertz CT molecular complexity index is 545. The topological polar surface area (TPSA) is 37.6 Å². The lowest BCUT2D eigenvalue weighted by Crippen LogP contribution is -2.29. The van der Waals surface area contributed by atoms with Gasteiger partial charge in [-0.05, 0) is 19.3 Å². The van der Waals surface area contributed by atoms with Gasteiger partial charge in [0.15, 0.2) is 17.1 Å². The van der Waals surface area contributed by atoms with Gasteiger partial charge in [-0.25, -0.2) is 4.98 Å². The summed E-state index contributed by atoms with van der Waals surface area (Å²) >= 11 is 1.57. The number of hydrogen-bond donors (Lipinski definition) is 0. The molecule has 1 aliphatic heterocycles. The zero-order chi connectivity index (χ0) is 11.8. The lowest BCUT2D eigenvalue weighted by Gasteiger charge is -2.23. The average molecular weight is 249 g/mol. The van der Waals surface area contributed by atoms with Gasteiger partial charge in [0.2, 0.25) is 0 Å². The zero-order valence-electron chi connectivity index (χ0n) is 9.80. The highest BCUT2D eigenvalue weighted by atomic mass is 32.1. The van der Waals surface area contributed by atoms with E-state index in [1.807, 2.05) is 16.0 Å². The van der Waals surface area contributed by atoms with Crippen molar-refractivity contribution in [1.29, 1.82) is 0 Å². The van der Waals surface area contributed by atoms with E-state index in [0.29, 0.717) is 11.7 Å². The summed E-state index contributed by atoms with van der Waals surface area (Å²) in [6.45, 7) is 3.21. The number of nitrogens with zero attached hydrogens (tertiary/aromatic N) is 3. The van der Waals surface area contributed by atoms with E-state index < -0.39 is 0 Å². The Morgan fingerprint density at radius 3 is 3.29 bits per heavy atom. The first kappa shape index (κ1) is 10.8. The molecule has 1 aliphatic rings. The predicted octanol–water partition coefficient (Wildman–Crippen LogP) is 2.59. The molecule has 0 radical (unpaired) electrons. The monoisotopic (exact) mass is 249 g/mol. The van der Waals surface area contributed by atoms with Gasteiger partial charge in [0.1, 0.15) is 5.69 Å². The summed E-state index contributed by atoms with van der Waals surface area (Å²) < 4.78 is 1.89. The Hall–Kier alpha value is -1.36. The summed E-state index contributed by atoms with van der Waals surface area (Å²) in [5.41, 5.74) is 0.696. The second-order valence-electron chi connectivity index (χ2n) is 4.39. The fourth-order valence-electron chi connectivity index (χ4n) is 2.65. The standard InChI is InChI=1S/C12H15N3OS/c1-2-9-4-3-5-14(9)11-10(8-16)15-6-7-17-12(15)13-11/h6-9H,2-5H2,1H3. The van der Waals surface area contributed by atoms with Crippen LogP contribution in [0.3, 0.4) is 0 Å². The molecule has 0 saturated carbocycles. The molecule has 0 aromatic carbocycles. The van der Waals surface area contributed by atoms with Crippen molar-refractivity contribution < 1.29 is 4.79 Å². The van der Waals surface area contributed by atoms with Crippen LogP contribution in [-0.2, 0) is 0 Å². The van der Waals surface area contributed by atoms with Crippen molar-refractivity contribution in [2.24, 2.45) is 0 Å². The van der Waals surface area contributed by atoms with E-state index in [0.717, 1.165) is 30.0 Å². The van der Waals surface area contributed by atoms with Gasteiger partial charge in [-0.15, -0.1) is 11.3 Å². The molecule has 0 amide bonds. The van der Waals surface area contributed by atoms with Crippen molar-refractivity contribution in [3.05, 3.63) is 17.3 Å². The van der Waals surface area contributed by atoms with Crippen LogP contribution in [0.4, 0.5) is 5.82 Å². The van der Waals surface area contributed by atoms with Crippen molar-refractivity contribution in [2.45, 2.75) is 32.2 Å². The molecule has 0 spiro atoms. The maximum Gasteiger partial charge on any atom is 0.196 e. The van der Waals surface area contributed by atoms with E-state index in [9.17, 15) is 4.79 Å². The van der Waals surface area contributed by atoms with Crippen LogP contribution < -0.4 is 4.90 Å². The molecule has 1 saturated heterocycles. The number of aromatic nitrogens is 2. The van der Waals surface area contributed by atoms with E-state index in [1.165, 1.54) is 12.8 Å². The third-order valence-electron chi connectivity index (χ3n) is 3.51. The number of thiazole rings is 1. The van der Waals surface area contributed by atoms with Gasteiger partial charge >= 0.3 is 0 Å². The quantitative estimate of drug-likeness (QED) is 0.785. The van der Waals surface area contributed by atoms with Gasteiger partial charge in [0, 0.05) is 24.2 Å². The number of aldehydes is 1. The Labute approximate surface area is 104 Å². The van der Waals surface area contributed by atoms with Gasteiger partial charge in [-0.1, -0.05) is 6.92 Å². The lowest BCUT2D eigenvalue weighted by atomic mass is 10.2. The van der Waals surface area contributed by atoms with Crippen LogP contribution in [0.1, 0.15) is 36.7 Å². The van der Waals surface area contributed by atoms with Crippen LogP contribution >= 0.6 is 11.3 Å². The molecule has 1 unspecified atom stereocenters. The first-order valence-corrected chi connectivity index (χ1v) is 6.90. The SMILES string of the molecule is CCC1CCCN1c1nc2sccn2c1C=O. The molecule has 3 rings (SSSR count). The van der Waals surface area contributed by atoms with Crippen LogP contribution in [0.5, 0.6) is 0 Å². The van der Waals surface area contributed by atoms with E-state index in [-0.39, 0.29) is 0 Å². The van der Waals surface area contributed by atoms with E-state index in [2.05, 4.69) is 16.8 Å². The molecule has 4 nitrogen and oxygen atoms in total. The highest BCUT2D eigenvalue weighted by molar-refractivity contribution is 7.15. The highest BCUT2D eigenvalue weighted by Crippen LogP contribution is 2.30. The van der Waals surface area contributed by atoms with Gasteiger partial charge in [-0.3, -0.25) is 9.20 Å². The van der Waals surface area contributed by atoms with Crippen LogP contribution in [0.15, 0.2) is 11.6 Å². The molecule has 0 N–H and O–H groups in total. The second kappa shape index (κ2) is 4.14.